The molecule has 6 nitrogen and oxygen atoms in total. The van der Waals surface area contributed by atoms with Crippen LogP contribution in [0.1, 0.15) is 29.7 Å². The zero-order chi connectivity index (χ0) is 20.2. The van der Waals surface area contributed by atoms with Crippen molar-refractivity contribution in [1.29, 1.82) is 0 Å². The summed E-state index contributed by atoms with van der Waals surface area (Å²) in [5, 5.41) is 6.83. The molecular formula is C22H23N5OS. The van der Waals surface area contributed by atoms with E-state index in [1.165, 1.54) is 11.1 Å². The minimum atomic E-state index is 0.0642. The summed E-state index contributed by atoms with van der Waals surface area (Å²) in [7, 11) is 1.60. The van der Waals surface area contributed by atoms with E-state index in [4.69, 9.17) is 17.0 Å². The van der Waals surface area contributed by atoms with Crippen LogP contribution in [0.25, 0.3) is 0 Å². The molecule has 1 aliphatic heterocycles. The van der Waals surface area contributed by atoms with Gasteiger partial charge in [-0.2, -0.15) is 9.97 Å². The van der Waals surface area contributed by atoms with Crippen molar-refractivity contribution in [3.05, 3.63) is 77.4 Å². The average molecular weight is 406 g/mol. The highest BCUT2D eigenvalue weighted by Crippen LogP contribution is 2.29. The molecule has 2 aromatic carbocycles. The van der Waals surface area contributed by atoms with E-state index in [9.17, 15) is 0 Å². The van der Waals surface area contributed by atoms with Crippen LogP contribution in [0.4, 0.5) is 11.8 Å². The molecule has 0 bridgehead atoms. The molecule has 1 unspecified atom stereocenters. The molecule has 1 atom stereocenters. The number of hydrogen-bond donors (Lipinski definition) is 2. The summed E-state index contributed by atoms with van der Waals surface area (Å²) in [5.74, 6) is 1.70. The zero-order valence-corrected chi connectivity index (χ0v) is 17.2. The van der Waals surface area contributed by atoms with Gasteiger partial charge in [-0.1, -0.05) is 54.6 Å². The van der Waals surface area contributed by atoms with Crippen LogP contribution in [0.3, 0.4) is 0 Å². The molecule has 0 saturated heterocycles. The molecule has 2 heterocycles. The first-order valence-electron chi connectivity index (χ1n) is 9.49. The van der Waals surface area contributed by atoms with Crippen LogP contribution >= 0.6 is 12.2 Å². The fourth-order valence-electron chi connectivity index (χ4n) is 3.39. The van der Waals surface area contributed by atoms with Gasteiger partial charge in [-0.05, 0) is 35.8 Å². The van der Waals surface area contributed by atoms with E-state index in [0.29, 0.717) is 16.9 Å². The van der Waals surface area contributed by atoms with Gasteiger partial charge >= 0.3 is 0 Å². The second-order valence-corrected chi connectivity index (χ2v) is 7.36. The van der Waals surface area contributed by atoms with Gasteiger partial charge in [-0.15, -0.1) is 0 Å². The highest BCUT2D eigenvalue weighted by molar-refractivity contribution is 7.80. The lowest BCUT2D eigenvalue weighted by atomic mass is 10.1. The standard InChI is InChI=1S/C22H23N5OS/c1-15(16-8-4-3-5-9-16)23-22(29)26-21-24-19(12-20(25-21)28-2)27-13-17-10-6-7-11-18(17)14-27/h3-12,15H,13-14H2,1-2H3,(H2,23,24,25,26,29). The van der Waals surface area contributed by atoms with Gasteiger partial charge in [-0.25, -0.2) is 0 Å². The van der Waals surface area contributed by atoms with E-state index in [2.05, 4.69) is 68.8 Å². The zero-order valence-electron chi connectivity index (χ0n) is 16.4. The number of benzene rings is 2. The minimum absolute atomic E-state index is 0.0642. The first-order valence-corrected chi connectivity index (χ1v) is 9.90. The number of thiocarbonyl (C=S) groups is 1. The quantitative estimate of drug-likeness (QED) is 0.621. The van der Waals surface area contributed by atoms with Crippen molar-refractivity contribution in [2.45, 2.75) is 26.1 Å². The van der Waals surface area contributed by atoms with Crippen molar-refractivity contribution in [2.24, 2.45) is 0 Å². The molecule has 7 heteroatoms. The van der Waals surface area contributed by atoms with Crippen LogP contribution in [-0.2, 0) is 13.1 Å². The van der Waals surface area contributed by atoms with Gasteiger partial charge in [0.25, 0.3) is 0 Å². The van der Waals surface area contributed by atoms with E-state index in [-0.39, 0.29) is 6.04 Å². The second-order valence-electron chi connectivity index (χ2n) is 6.95. The molecule has 1 aromatic heterocycles. The molecule has 1 aliphatic rings. The summed E-state index contributed by atoms with van der Waals surface area (Å²) in [5.41, 5.74) is 3.78. The van der Waals surface area contributed by atoms with E-state index in [1.807, 2.05) is 24.3 Å². The largest absolute Gasteiger partial charge is 0.481 e. The van der Waals surface area contributed by atoms with Crippen LogP contribution in [0, 0.1) is 0 Å². The van der Waals surface area contributed by atoms with Crippen molar-refractivity contribution >= 4 is 29.1 Å². The predicted molar refractivity (Wildman–Crippen MR) is 119 cm³/mol. The molecule has 0 spiro atoms. The highest BCUT2D eigenvalue weighted by Gasteiger charge is 2.21. The van der Waals surface area contributed by atoms with Crippen LogP contribution in [0.2, 0.25) is 0 Å². The lowest BCUT2D eigenvalue weighted by Gasteiger charge is -2.20. The maximum absolute atomic E-state index is 5.47. The van der Waals surface area contributed by atoms with Crippen LogP contribution < -0.4 is 20.3 Å². The molecule has 148 valence electrons. The molecule has 0 amide bonds. The van der Waals surface area contributed by atoms with Crippen molar-refractivity contribution in [3.8, 4) is 5.88 Å². The monoisotopic (exact) mass is 405 g/mol. The molecule has 0 aliphatic carbocycles. The second kappa shape index (κ2) is 8.45. The Morgan fingerprint density at radius 3 is 2.34 bits per heavy atom. The Labute approximate surface area is 176 Å². The van der Waals surface area contributed by atoms with E-state index in [1.54, 1.807) is 7.11 Å². The summed E-state index contributed by atoms with van der Waals surface area (Å²) in [4.78, 5) is 11.3. The van der Waals surface area contributed by atoms with E-state index in [0.717, 1.165) is 24.5 Å². The summed E-state index contributed by atoms with van der Waals surface area (Å²) in [6, 6.07) is 20.5. The molecule has 3 aromatic rings. The summed E-state index contributed by atoms with van der Waals surface area (Å²) >= 11 is 5.47. The Bertz CT molecular complexity index is 986. The number of rotatable bonds is 5. The first kappa shape index (κ1) is 19.1. The van der Waals surface area contributed by atoms with Gasteiger partial charge in [0.15, 0.2) is 5.11 Å². The SMILES string of the molecule is COc1cc(N2Cc3ccccc3C2)nc(NC(=S)NC(C)c2ccccc2)n1. The number of ether oxygens (including phenoxy) is 1. The Balaban J connectivity index is 1.48. The van der Waals surface area contributed by atoms with Crippen LogP contribution in [0.15, 0.2) is 60.7 Å². The maximum atomic E-state index is 5.47. The third-order valence-electron chi connectivity index (χ3n) is 4.94. The fourth-order valence-corrected chi connectivity index (χ4v) is 3.66. The smallest absolute Gasteiger partial charge is 0.234 e. The molecule has 29 heavy (non-hydrogen) atoms. The summed E-state index contributed by atoms with van der Waals surface area (Å²) < 4.78 is 5.38. The van der Waals surface area contributed by atoms with Gasteiger partial charge in [0.2, 0.25) is 11.8 Å². The molecule has 0 radical (unpaired) electrons. The van der Waals surface area contributed by atoms with E-state index < -0.39 is 0 Å². The molecule has 2 N–H and O–H groups in total. The van der Waals surface area contributed by atoms with Crippen molar-refractivity contribution in [2.75, 3.05) is 17.3 Å². The van der Waals surface area contributed by atoms with Crippen molar-refractivity contribution < 1.29 is 4.74 Å². The van der Waals surface area contributed by atoms with Gasteiger partial charge in [0.1, 0.15) is 5.82 Å². The Kier molecular flexibility index (Phi) is 5.57. The van der Waals surface area contributed by atoms with Crippen molar-refractivity contribution in [3.63, 3.8) is 0 Å². The van der Waals surface area contributed by atoms with E-state index >= 15 is 0 Å². The third kappa shape index (κ3) is 4.46. The fraction of sp³-hybridized carbons (Fsp3) is 0.227. The molecule has 4 rings (SSSR count). The summed E-state index contributed by atoms with van der Waals surface area (Å²) in [6.07, 6.45) is 0. The number of nitrogens with one attached hydrogen (secondary N) is 2. The van der Waals surface area contributed by atoms with Crippen LogP contribution in [-0.4, -0.2) is 22.2 Å². The maximum Gasteiger partial charge on any atom is 0.234 e. The first-order chi connectivity index (χ1) is 14.1. The Morgan fingerprint density at radius 1 is 1.03 bits per heavy atom. The van der Waals surface area contributed by atoms with Gasteiger partial charge < -0.3 is 20.3 Å². The number of anilines is 2. The van der Waals surface area contributed by atoms with Crippen LogP contribution in [0.5, 0.6) is 5.88 Å². The number of aromatic nitrogens is 2. The number of hydrogen-bond acceptors (Lipinski definition) is 5. The number of methoxy groups -OCH3 is 1. The number of nitrogens with zero attached hydrogens (tertiary/aromatic N) is 3. The lowest BCUT2D eigenvalue weighted by Crippen LogP contribution is -2.31. The Hall–Kier alpha value is -3.19. The third-order valence-corrected chi connectivity index (χ3v) is 5.16. The minimum Gasteiger partial charge on any atom is -0.481 e. The van der Waals surface area contributed by atoms with Gasteiger partial charge in [-0.3, -0.25) is 0 Å². The van der Waals surface area contributed by atoms with Gasteiger partial charge in [0, 0.05) is 19.2 Å². The predicted octanol–water partition coefficient (Wildman–Crippen LogP) is 4.05. The van der Waals surface area contributed by atoms with Crippen molar-refractivity contribution in [1.82, 2.24) is 15.3 Å². The molecule has 0 fully saturated rings. The topological polar surface area (TPSA) is 62.3 Å². The lowest BCUT2D eigenvalue weighted by molar-refractivity contribution is 0.397. The highest BCUT2D eigenvalue weighted by atomic mass is 32.1. The number of fused-ring (bicyclic) bond motifs is 1. The normalized spacial score (nSPS) is 13.5. The molecular weight excluding hydrogens is 382 g/mol. The Morgan fingerprint density at radius 2 is 1.69 bits per heavy atom. The summed E-state index contributed by atoms with van der Waals surface area (Å²) in [6.45, 7) is 3.68. The molecule has 0 saturated carbocycles. The van der Waals surface area contributed by atoms with Gasteiger partial charge in [0.05, 0.1) is 13.2 Å². The average Bonchev–Trinajstić information content (AvgIpc) is 3.18.